The minimum atomic E-state index is -4.05. The van der Waals surface area contributed by atoms with Gasteiger partial charge in [-0.2, -0.15) is 4.31 Å². The van der Waals surface area contributed by atoms with Crippen molar-refractivity contribution >= 4 is 21.6 Å². The number of non-ortho nitro benzene ring substituents is 1. The van der Waals surface area contributed by atoms with E-state index in [-0.39, 0.29) is 41.5 Å². The molecule has 0 spiro atoms. The summed E-state index contributed by atoms with van der Waals surface area (Å²) in [7, 11) is -4.05. The molecule has 1 saturated carbocycles. The molecule has 0 radical (unpaired) electrons. The van der Waals surface area contributed by atoms with Crippen LogP contribution in [0.3, 0.4) is 0 Å². The molecule has 2 aromatic carbocycles. The van der Waals surface area contributed by atoms with Gasteiger partial charge in [-0.05, 0) is 48.6 Å². The van der Waals surface area contributed by atoms with E-state index >= 15 is 0 Å². The van der Waals surface area contributed by atoms with Crippen LogP contribution in [0.15, 0.2) is 77.8 Å². The van der Waals surface area contributed by atoms with E-state index in [4.69, 9.17) is 0 Å². The standard InChI is InChI=1S/C30H38N4O5S/c1-24(2)20-32(40(38,39)29-17-15-27(16-18-29)34(36)37)23-30(35)33(26-12-7-4-8-13-26)22-28-14-9-19-31(28)21-25-10-5-3-6-11-25/h3,5-6,9-11,14-19,24,26H,4,7-8,12-13,20-23H2,1-2H3. The number of sulfonamides is 1. The average molecular weight is 567 g/mol. The fourth-order valence-corrected chi connectivity index (χ4v) is 6.85. The molecule has 0 N–H and O–H groups in total. The van der Waals surface area contributed by atoms with E-state index in [0.29, 0.717) is 13.1 Å². The van der Waals surface area contributed by atoms with Crippen molar-refractivity contribution < 1.29 is 18.1 Å². The molecule has 1 amide bonds. The van der Waals surface area contributed by atoms with Crippen molar-refractivity contribution in [2.24, 2.45) is 5.92 Å². The number of hydrogen-bond donors (Lipinski definition) is 0. The lowest BCUT2D eigenvalue weighted by atomic mass is 9.94. The smallest absolute Gasteiger partial charge is 0.269 e. The summed E-state index contributed by atoms with van der Waals surface area (Å²) in [6.45, 7) is 4.76. The predicted octanol–water partition coefficient (Wildman–Crippen LogP) is 5.45. The Labute approximate surface area is 236 Å². The van der Waals surface area contributed by atoms with E-state index in [1.165, 1.54) is 28.6 Å². The van der Waals surface area contributed by atoms with Crippen molar-refractivity contribution in [3.05, 3.63) is 94.3 Å². The zero-order valence-corrected chi connectivity index (χ0v) is 24.0. The van der Waals surface area contributed by atoms with Gasteiger partial charge in [0.2, 0.25) is 15.9 Å². The maximum absolute atomic E-state index is 14.0. The van der Waals surface area contributed by atoms with Gasteiger partial charge in [0, 0.05) is 43.2 Å². The first kappa shape index (κ1) is 29.5. The van der Waals surface area contributed by atoms with Gasteiger partial charge in [-0.15, -0.1) is 0 Å². The predicted molar refractivity (Wildman–Crippen MR) is 154 cm³/mol. The van der Waals surface area contributed by atoms with Gasteiger partial charge in [-0.3, -0.25) is 14.9 Å². The third-order valence-corrected chi connectivity index (χ3v) is 9.18. The highest BCUT2D eigenvalue weighted by Gasteiger charge is 2.32. The topological polar surface area (TPSA) is 106 Å². The molecule has 3 aromatic rings. The molecule has 0 bridgehead atoms. The summed E-state index contributed by atoms with van der Waals surface area (Å²) in [5.74, 6) is -0.252. The number of benzene rings is 2. The van der Waals surface area contributed by atoms with Crippen LogP contribution in [0, 0.1) is 16.0 Å². The largest absolute Gasteiger partial charge is 0.345 e. The summed E-state index contributed by atoms with van der Waals surface area (Å²) < 4.78 is 30.6. The van der Waals surface area contributed by atoms with Crippen LogP contribution in [-0.2, 0) is 27.9 Å². The Hall–Kier alpha value is -3.50. The Morgan fingerprint density at radius 3 is 2.30 bits per heavy atom. The van der Waals surface area contributed by atoms with Crippen molar-refractivity contribution in [2.45, 2.75) is 70.0 Å². The number of rotatable bonds is 12. The van der Waals surface area contributed by atoms with Gasteiger partial charge in [0.25, 0.3) is 5.69 Å². The summed E-state index contributed by atoms with van der Waals surface area (Å²) >= 11 is 0. The number of nitro groups is 1. The van der Waals surface area contributed by atoms with E-state index in [9.17, 15) is 23.3 Å². The summed E-state index contributed by atoms with van der Waals surface area (Å²) in [6.07, 6.45) is 7.01. The number of carbonyl (C=O) groups excluding carboxylic acids is 1. The third kappa shape index (κ3) is 7.37. The molecule has 10 heteroatoms. The molecule has 1 aliphatic carbocycles. The lowest BCUT2D eigenvalue weighted by Crippen LogP contribution is -2.48. The van der Waals surface area contributed by atoms with Crippen LogP contribution in [0.4, 0.5) is 5.69 Å². The molecular weight excluding hydrogens is 528 g/mol. The van der Waals surface area contributed by atoms with Gasteiger partial charge in [0.1, 0.15) is 0 Å². The molecular formula is C30H38N4O5S. The van der Waals surface area contributed by atoms with E-state index in [1.807, 2.05) is 55.3 Å². The molecule has 1 aromatic heterocycles. The molecule has 1 heterocycles. The molecule has 0 aliphatic heterocycles. The van der Waals surface area contributed by atoms with Crippen molar-refractivity contribution in [1.29, 1.82) is 0 Å². The lowest BCUT2D eigenvalue weighted by Gasteiger charge is -2.36. The van der Waals surface area contributed by atoms with Crippen molar-refractivity contribution in [2.75, 3.05) is 13.1 Å². The normalized spacial score (nSPS) is 14.5. The first-order valence-corrected chi connectivity index (χ1v) is 15.3. The number of aromatic nitrogens is 1. The van der Waals surface area contributed by atoms with Gasteiger partial charge in [0.15, 0.2) is 0 Å². The van der Waals surface area contributed by atoms with Crippen LogP contribution in [0.5, 0.6) is 0 Å². The summed E-state index contributed by atoms with van der Waals surface area (Å²) in [5.41, 5.74) is 1.97. The first-order valence-electron chi connectivity index (χ1n) is 13.9. The zero-order valence-electron chi connectivity index (χ0n) is 23.2. The van der Waals surface area contributed by atoms with Crippen LogP contribution >= 0.6 is 0 Å². The molecule has 1 aliphatic rings. The minimum absolute atomic E-state index is 0.0214. The van der Waals surface area contributed by atoms with Gasteiger partial charge in [-0.1, -0.05) is 63.4 Å². The molecule has 0 atom stereocenters. The molecule has 0 unspecified atom stereocenters. The molecule has 4 rings (SSSR count). The second-order valence-corrected chi connectivity index (χ2v) is 12.8. The quantitative estimate of drug-likeness (QED) is 0.214. The lowest BCUT2D eigenvalue weighted by molar-refractivity contribution is -0.384. The number of nitrogens with zero attached hydrogens (tertiary/aromatic N) is 4. The Kier molecular flexibility index (Phi) is 9.76. The number of amides is 1. The Bertz CT molecular complexity index is 1380. The van der Waals surface area contributed by atoms with Crippen LogP contribution < -0.4 is 0 Å². The van der Waals surface area contributed by atoms with E-state index in [0.717, 1.165) is 43.4 Å². The number of hydrogen-bond acceptors (Lipinski definition) is 5. The van der Waals surface area contributed by atoms with Crippen LogP contribution in [0.2, 0.25) is 0 Å². The minimum Gasteiger partial charge on any atom is -0.345 e. The van der Waals surface area contributed by atoms with Crippen molar-refractivity contribution in [1.82, 2.24) is 13.8 Å². The molecule has 214 valence electrons. The van der Waals surface area contributed by atoms with Crippen molar-refractivity contribution in [3.8, 4) is 0 Å². The van der Waals surface area contributed by atoms with Crippen molar-refractivity contribution in [3.63, 3.8) is 0 Å². The Morgan fingerprint density at radius 1 is 1.00 bits per heavy atom. The fourth-order valence-electron chi connectivity index (χ4n) is 5.30. The number of nitro benzene ring substituents is 1. The van der Waals surface area contributed by atoms with Crippen LogP contribution in [0.25, 0.3) is 0 Å². The highest BCUT2D eigenvalue weighted by atomic mass is 32.2. The fraction of sp³-hybridized carbons (Fsp3) is 0.433. The van der Waals surface area contributed by atoms with E-state index < -0.39 is 14.9 Å². The highest BCUT2D eigenvalue weighted by Crippen LogP contribution is 2.26. The summed E-state index contributed by atoms with van der Waals surface area (Å²) in [6, 6.07) is 19.0. The molecule has 9 nitrogen and oxygen atoms in total. The van der Waals surface area contributed by atoms with Gasteiger partial charge < -0.3 is 9.47 Å². The molecule has 1 fully saturated rings. The van der Waals surface area contributed by atoms with Crippen LogP contribution in [0.1, 0.15) is 57.2 Å². The maximum Gasteiger partial charge on any atom is 0.269 e. The van der Waals surface area contributed by atoms with Gasteiger partial charge >= 0.3 is 0 Å². The molecule has 40 heavy (non-hydrogen) atoms. The monoisotopic (exact) mass is 566 g/mol. The highest BCUT2D eigenvalue weighted by molar-refractivity contribution is 7.89. The maximum atomic E-state index is 14.0. The SMILES string of the molecule is CC(C)CN(CC(=O)N(Cc1cccn1Cc1ccccc1)C1CCCCC1)S(=O)(=O)c1ccc([N+](=O)[O-])cc1. The Morgan fingerprint density at radius 2 is 1.68 bits per heavy atom. The summed E-state index contributed by atoms with van der Waals surface area (Å²) in [4.78, 5) is 26.3. The second kappa shape index (κ2) is 13.2. The van der Waals surface area contributed by atoms with Gasteiger partial charge in [0.05, 0.1) is 22.9 Å². The number of carbonyl (C=O) groups is 1. The Balaban J connectivity index is 1.59. The van der Waals surface area contributed by atoms with Gasteiger partial charge in [-0.25, -0.2) is 8.42 Å². The van der Waals surface area contributed by atoms with E-state index in [2.05, 4.69) is 16.7 Å². The second-order valence-electron chi connectivity index (χ2n) is 10.9. The molecule has 0 saturated heterocycles. The third-order valence-electron chi connectivity index (χ3n) is 7.35. The first-order chi connectivity index (χ1) is 19.1. The average Bonchev–Trinajstić information content (AvgIpc) is 3.38. The van der Waals surface area contributed by atoms with E-state index in [1.54, 1.807) is 0 Å². The van der Waals surface area contributed by atoms with Crippen LogP contribution in [-0.4, -0.2) is 52.2 Å². The zero-order chi connectivity index (χ0) is 28.7. The summed E-state index contributed by atoms with van der Waals surface area (Å²) in [5, 5.41) is 11.1.